The van der Waals surface area contributed by atoms with Crippen molar-refractivity contribution in [2.24, 2.45) is 0 Å². The van der Waals surface area contributed by atoms with Gasteiger partial charge < -0.3 is 29.6 Å². The van der Waals surface area contributed by atoms with Crippen molar-refractivity contribution in [3.8, 4) is 0 Å². The Morgan fingerprint density at radius 2 is 1.27 bits per heavy atom. The highest BCUT2D eigenvalue weighted by Crippen LogP contribution is 2.36. The van der Waals surface area contributed by atoms with E-state index in [4.69, 9.17) is 9.47 Å². The molecule has 10 nitrogen and oxygen atoms in total. The quantitative estimate of drug-likeness (QED) is 0.282. The van der Waals surface area contributed by atoms with Crippen LogP contribution in [0.1, 0.15) is 12.8 Å². The molecule has 1 aliphatic carbocycles. The van der Waals surface area contributed by atoms with Gasteiger partial charge in [0, 0.05) is 24.3 Å². The van der Waals surface area contributed by atoms with Crippen LogP contribution in [-0.4, -0.2) is 74.8 Å². The lowest BCUT2D eigenvalue weighted by molar-refractivity contribution is -0.144. The van der Waals surface area contributed by atoms with Gasteiger partial charge in [-0.2, -0.15) is 25.3 Å². The molecule has 0 aromatic heterocycles. The van der Waals surface area contributed by atoms with Gasteiger partial charge in [0.15, 0.2) is 11.5 Å². The van der Waals surface area contributed by atoms with Gasteiger partial charge in [0.05, 0.1) is 38.6 Å². The van der Waals surface area contributed by atoms with Crippen LogP contribution >= 0.6 is 25.3 Å². The van der Waals surface area contributed by atoms with E-state index in [9.17, 15) is 19.2 Å². The van der Waals surface area contributed by atoms with E-state index >= 15 is 0 Å². The van der Waals surface area contributed by atoms with Crippen molar-refractivity contribution in [2.45, 2.75) is 24.9 Å². The SMILES string of the molecule is COC(=O)C(CS)NC(=O)C1=C2OCCCOC2=C(C(=O)NC(CS)C(=O)OC)C1. The van der Waals surface area contributed by atoms with Gasteiger partial charge in [0.2, 0.25) is 0 Å². The van der Waals surface area contributed by atoms with Crippen LogP contribution in [0.3, 0.4) is 0 Å². The lowest BCUT2D eigenvalue weighted by atomic mass is 10.1. The Hall–Kier alpha value is -2.34. The molecule has 12 heteroatoms. The number of esters is 2. The summed E-state index contributed by atoms with van der Waals surface area (Å²) in [6, 6.07) is -1.94. The van der Waals surface area contributed by atoms with Crippen molar-refractivity contribution >= 4 is 49.0 Å². The fourth-order valence-electron chi connectivity index (χ4n) is 2.82. The van der Waals surface area contributed by atoms with Gasteiger partial charge in [-0.15, -0.1) is 0 Å². The van der Waals surface area contributed by atoms with Crippen LogP contribution in [0.15, 0.2) is 22.7 Å². The average Bonchev–Trinajstić information content (AvgIpc) is 2.95. The van der Waals surface area contributed by atoms with Crippen LogP contribution in [0.4, 0.5) is 0 Å². The Morgan fingerprint density at radius 3 is 1.60 bits per heavy atom. The standard InChI is InChI=1S/C18H24N2O8S2/c1-25-17(23)11(7-29)19-15(21)9-6-10(14-13(9)27-4-3-5-28-14)16(22)20-12(8-30)18(24)26-2/h11-12,29-30H,3-8H2,1-2H3,(H,19,21)(H,20,22). The average molecular weight is 461 g/mol. The molecule has 0 aromatic rings. The molecule has 2 aliphatic rings. The molecule has 2 unspecified atom stereocenters. The summed E-state index contributed by atoms with van der Waals surface area (Å²) >= 11 is 8.10. The number of ether oxygens (including phenoxy) is 4. The summed E-state index contributed by atoms with van der Waals surface area (Å²) in [7, 11) is 2.40. The smallest absolute Gasteiger partial charge is 0.329 e. The van der Waals surface area contributed by atoms with Gasteiger partial charge in [-0.05, 0) is 0 Å². The summed E-state index contributed by atoms with van der Waals surface area (Å²) in [5.41, 5.74) is 0.265. The van der Waals surface area contributed by atoms with E-state index in [0.717, 1.165) is 0 Å². The molecule has 1 heterocycles. The molecule has 30 heavy (non-hydrogen) atoms. The number of methoxy groups -OCH3 is 2. The second-order valence-electron chi connectivity index (χ2n) is 6.31. The van der Waals surface area contributed by atoms with Crippen LogP contribution in [0.2, 0.25) is 0 Å². The normalized spacial score (nSPS) is 17.6. The number of amides is 2. The van der Waals surface area contributed by atoms with Crippen molar-refractivity contribution in [1.82, 2.24) is 10.6 Å². The van der Waals surface area contributed by atoms with Gasteiger partial charge in [0.1, 0.15) is 12.1 Å². The molecule has 1 aliphatic heterocycles. The van der Waals surface area contributed by atoms with E-state index in [1.165, 1.54) is 14.2 Å². The Bertz CT molecular complexity index is 718. The molecule has 2 N–H and O–H groups in total. The first-order valence-corrected chi connectivity index (χ1v) is 10.4. The molecule has 0 saturated carbocycles. The molecule has 1 fully saturated rings. The fourth-order valence-corrected chi connectivity index (χ4v) is 3.31. The molecule has 0 bridgehead atoms. The van der Waals surface area contributed by atoms with Crippen molar-refractivity contribution < 1.29 is 38.1 Å². The van der Waals surface area contributed by atoms with E-state index in [-0.39, 0.29) is 40.6 Å². The lowest BCUT2D eigenvalue weighted by Gasteiger charge is -2.16. The molecule has 166 valence electrons. The predicted molar refractivity (Wildman–Crippen MR) is 111 cm³/mol. The van der Waals surface area contributed by atoms with Gasteiger partial charge in [-0.25, -0.2) is 9.59 Å². The molecule has 2 atom stereocenters. The number of rotatable bonds is 8. The van der Waals surface area contributed by atoms with Gasteiger partial charge in [-0.1, -0.05) is 0 Å². The molecule has 0 spiro atoms. The summed E-state index contributed by atoms with van der Waals surface area (Å²) in [6.07, 6.45) is 0.447. The summed E-state index contributed by atoms with van der Waals surface area (Å²) in [4.78, 5) is 49.2. The van der Waals surface area contributed by atoms with Crippen molar-refractivity contribution in [1.29, 1.82) is 0 Å². The molecular formula is C18H24N2O8S2. The van der Waals surface area contributed by atoms with Gasteiger partial charge >= 0.3 is 11.9 Å². The first-order chi connectivity index (χ1) is 14.4. The number of hydrogen-bond acceptors (Lipinski definition) is 10. The van der Waals surface area contributed by atoms with Crippen molar-refractivity contribution in [3.63, 3.8) is 0 Å². The Kier molecular flexibility index (Phi) is 8.90. The van der Waals surface area contributed by atoms with E-state index in [0.29, 0.717) is 19.6 Å². The zero-order chi connectivity index (χ0) is 22.3. The molecule has 0 aromatic carbocycles. The van der Waals surface area contributed by atoms with Crippen LogP contribution in [0.25, 0.3) is 0 Å². The Labute approximate surface area is 184 Å². The lowest BCUT2D eigenvalue weighted by Crippen LogP contribution is -2.44. The van der Waals surface area contributed by atoms with E-state index in [1.807, 2.05) is 0 Å². The third kappa shape index (κ3) is 5.42. The first kappa shape index (κ1) is 23.9. The Balaban J connectivity index is 2.26. The number of thiol groups is 2. The largest absolute Gasteiger partial charge is 0.489 e. The monoisotopic (exact) mass is 460 g/mol. The molecule has 2 rings (SSSR count). The van der Waals surface area contributed by atoms with E-state index < -0.39 is 35.8 Å². The molecular weight excluding hydrogens is 436 g/mol. The second kappa shape index (κ2) is 11.2. The molecule has 0 radical (unpaired) electrons. The third-order valence-electron chi connectivity index (χ3n) is 4.38. The summed E-state index contributed by atoms with van der Waals surface area (Å²) < 4.78 is 20.6. The van der Waals surface area contributed by atoms with Gasteiger partial charge in [-0.3, -0.25) is 9.59 Å². The minimum Gasteiger partial charge on any atom is -0.489 e. The minimum absolute atomic E-state index is 0.0226. The highest BCUT2D eigenvalue weighted by Gasteiger charge is 2.38. The number of nitrogens with one attached hydrogen (secondary N) is 2. The zero-order valence-electron chi connectivity index (χ0n) is 16.6. The number of fused-ring (bicyclic) bond motifs is 1. The zero-order valence-corrected chi connectivity index (χ0v) is 18.3. The third-order valence-corrected chi connectivity index (χ3v) is 5.12. The van der Waals surface area contributed by atoms with E-state index in [2.05, 4.69) is 45.4 Å². The highest BCUT2D eigenvalue weighted by molar-refractivity contribution is 7.80. The maximum atomic E-state index is 12.8. The predicted octanol–water partition coefficient (Wildman–Crippen LogP) is -0.490. The van der Waals surface area contributed by atoms with Gasteiger partial charge in [0.25, 0.3) is 11.8 Å². The van der Waals surface area contributed by atoms with Crippen LogP contribution in [0.5, 0.6) is 0 Å². The maximum Gasteiger partial charge on any atom is 0.329 e. The molecule has 2 amide bonds. The van der Waals surface area contributed by atoms with Crippen molar-refractivity contribution in [3.05, 3.63) is 22.7 Å². The highest BCUT2D eigenvalue weighted by atomic mass is 32.1. The summed E-state index contributed by atoms with van der Waals surface area (Å²) in [5.74, 6) is -2.21. The van der Waals surface area contributed by atoms with Crippen molar-refractivity contribution in [2.75, 3.05) is 38.9 Å². The Morgan fingerprint density at radius 1 is 0.867 bits per heavy atom. The molecule has 1 saturated heterocycles. The van der Waals surface area contributed by atoms with Crippen LogP contribution in [-0.2, 0) is 38.1 Å². The fraction of sp³-hybridized carbons (Fsp3) is 0.556. The number of carbonyl (C=O) groups is 4. The first-order valence-electron chi connectivity index (χ1n) is 9.09. The van der Waals surface area contributed by atoms with E-state index in [1.54, 1.807) is 0 Å². The van der Waals surface area contributed by atoms with Crippen LogP contribution < -0.4 is 10.6 Å². The number of hydrogen-bond donors (Lipinski definition) is 4. The summed E-state index contributed by atoms with van der Waals surface area (Å²) in [6.45, 7) is 0.581. The summed E-state index contributed by atoms with van der Waals surface area (Å²) in [5, 5.41) is 5.05. The number of carbonyl (C=O) groups excluding carboxylic acids is 4. The maximum absolute atomic E-state index is 12.8. The topological polar surface area (TPSA) is 129 Å². The second-order valence-corrected chi connectivity index (χ2v) is 7.04. The minimum atomic E-state index is -0.972. The van der Waals surface area contributed by atoms with Crippen LogP contribution in [0, 0.1) is 0 Å².